The summed E-state index contributed by atoms with van der Waals surface area (Å²) in [6, 6.07) is 11.1. The molecule has 0 unspecified atom stereocenters. The number of benzene rings is 1. The molecule has 0 aliphatic heterocycles. The number of aromatic nitrogens is 3. The molecule has 1 N–H and O–H groups in total. The van der Waals surface area contributed by atoms with E-state index in [0.29, 0.717) is 22.4 Å². The number of hydrogen-bond acceptors (Lipinski definition) is 7. The second-order valence-electron chi connectivity index (χ2n) is 6.12. The van der Waals surface area contributed by atoms with E-state index in [-0.39, 0.29) is 5.91 Å². The number of ether oxygens (including phenoxy) is 2. The zero-order valence-electron chi connectivity index (χ0n) is 15.8. The summed E-state index contributed by atoms with van der Waals surface area (Å²) in [4.78, 5) is 17.6. The average molecular weight is 427 g/mol. The average Bonchev–Trinajstić information content (AvgIpc) is 3.47. The lowest BCUT2D eigenvalue weighted by molar-refractivity contribution is 0.103. The lowest BCUT2D eigenvalue weighted by atomic mass is 10.3. The molecule has 0 atom stereocenters. The monoisotopic (exact) mass is 426 g/mol. The summed E-state index contributed by atoms with van der Waals surface area (Å²) < 4.78 is 12.7. The van der Waals surface area contributed by atoms with Crippen LogP contribution in [0.1, 0.15) is 15.2 Å². The lowest BCUT2D eigenvalue weighted by Gasteiger charge is -2.06. The first-order valence-corrected chi connectivity index (χ1v) is 10.5. The van der Waals surface area contributed by atoms with Gasteiger partial charge in [-0.3, -0.25) is 14.8 Å². The highest BCUT2D eigenvalue weighted by Gasteiger charge is 2.14. The number of anilines is 1. The third-order valence-electron chi connectivity index (χ3n) is 4.13. The van der Waals surface area contributed by atoms with Gasteiger partial charge >= 0.3 is 0 Å². The number of carbonyl (C=O) groups is 1. The van der Waals surface area contributed by atoms with Gasteiger partial charge in [0.25, 0.3) is 5.91 Å². The predicted octanol–water partition coefficient (Wildman–Crippen LogP) is 4.45. The van der Waals surface area contributed by atoms with Crippen molar-refractivity contribution in [1.29, 1.82) is 0 Å². The van der Waals surface area contributed by atoms with Crippen LogP contribution in [-0.2, 0) is 13.7 Å². The summed E-state index contributed by atoms with van der Waals surface area (Å²) in [6.45, 7) is 0.374. The third kappa shape index (κ3) is 4.47. The second-order valence-corrected chi connectivity index (χ2v) is 7.89. The molecule has 0 spiro atoms. The Labute approximate surface area is 175 Å². The molecule has 0 saturated heterocycles. The Kier molecular flexibility index (Phi) is 5.59. The molecule has 3 aromatic heterocycles. The minimum Gasteiger partial charge on any atom is -0.497 e. The molecule has 0 fully saturated rings. The van der Waals surface area contributed by atoms with Crippen LogP contribution in [0.5, 0.6) is 11.5 Å². The zero-order valence-corrected chi connectivity index (χ0v) is 17.4. The van der Waals surface area contributed by atoms with E-state index < -0.39 is 0 Å². The van der Waals surface area contributed by atoms with Crippen LogP contribution in [0.15, 0.2) is 53.4 Å². The molecule has 3 heterocycles. The van der Waals surface area contributed by atoms with Crippen LogP contribution in [0.4, 0.5) is 5.13 Å². The smallest absolute Gasteiger partial charge is 0.267 e. The van der Waals surface area contributed by atoms with E-state index in [1.54, 1.807) is 18.0 Å². The molecule has 9 heteroatoms. The zero-order chi connectivity index (χ0) is 20.2. The molecule has 0 aliphatic rings. The largest absolute Gasteiger partial charge is 0.497 e. The first-order chi connectivity index (χ1) is 14.1. The Hall–Kier alpha value is -3.17. The van der Waals surface area contributed by atoms with Gasteiger partial charge in [0.15, 0.2) is 5.13 Å². The van der Waals surface area contributed by atoms with Crippen LogP contribution < -0.4 is 14.8 Å². The Morgan fingerprint density at radius 3 is 2.83 bits per heavy atom. The second kappa shape index (κ2) is 8.46. The van der Waals surface area contributed by atoms with Crippen molar-refractivity contribution in [2.24, 2.45) is 7.05 Å². The number of carbonyl (C=O) groups excluding carboxylic acids is 1. The molecular formula is C20H18N4O3S2. The molecule has 7 nitrogen and oxygen atoms in total. The number of hydrogen-bond donors (Lipinski definition) is 1. The van der Waals surface area contributed by atoms with Crippen LogP contribution in [0, 0.1) is 0 Å². The van der Waals surface area contributed by atoms with Gasteiger partial charge < -0.3 is 9.47 Å². The summed E-state index contributed by atoms with van der Waals surface area (Å²) in [5, 5.41) is 11.4. The van der Waals surface area contributed by atoms with Gasteiger partial charge in [-0.25, -0.2) is 4.98 Å². The molecule has 4 rings (SSSR count). The maximum atomic E-state index is 12.5. The van der Waals surface area contributed by atoms with Gasteiger partial charge in [0.05, 0.1) is 17.7 Å². The van der Waals surface area contributed by atoms with E-state index in [9.17, 15) is 4.79 Å². The molecule has 0 bridgehead atoms. The van der Waals surface area contributed by atoms with E-state index in [1.165, 1.54) is 22.7 Å². The number of amides is 1. The Bertz CT molecular complexity index is 1130. The minimum atomic E-state index is -0.187. The van der Waals surface area contributed by atoms with E-state index >= 15 is 0 Å². The van der Waals surface area contributed by atoms with Crippen molar-refractivity contribution in [3.63, 3.8) is 0 Å². The Balaban J connectivity index is 1.37. The minimum absolute atomic E-state index is 0.187. The number of thiazole rings is 1. The van der Waals surface area contributed by atoms with E-state index in [4.69, 9.17) is 9.47 Å². The van der Waals surface area contributed by atoms with Gasteiger partial charge in [-0.05, 0) is 29.6 Å². The van der Waals surface area contributed by atoms with Crippen molar-refractivity contribution in [1.82, 2.24) is 14.8 Å². The molecule has 148 valence electrons. The third-order valence-corrected chi connectivity index (χ3v) is 5.87. The van der Waals surface area contributed by atoms with Crippen molar-refractivity contribution in [2.75, 3.05) is 12.4 Å². The molecule has 0 saturated carbocycles. The lowest BCUT2D eigenvalue weighted by Crippen LogP contribution is -2.10. The Morgan fingerprint density at radius 1 is 1.17 bits per heavy atom. The van der Waals surface area contributed by atoms with Crippen molar-refractivity contribution >= 4 is 33.7 Å². The van der Waals surface area contributed by atoms with Crippen LogP contribution in [-0.4, -0.2) is 27.8 Å². The number of thiophene rings is 1. The van der Waals surface area contributed by atoms with E-state index in [2.05, 4.69) is 15.4 Å². The van der Waals surface area contributed by atoms with Crippen molar-refractivity contribution in [3.05, 3.63) is 63.8 Å². The van der Waals surface area contributed by atoms with E-state index in [0.717, 1.165) is 22.7 Å². The van der Waals surface area contributed by atoms with Gasteiger partial charge in [-0.2, -0.15) is 5.10 Å². The summed E-state index contributed by atoms with van der Waals surface area (Å²) >= 11 is 2.75. The number of methoxy groups -OCH3 is 1. The fraction of sp³-hybridized carbons (Fsp3) is 0.150. The number of rotatable bonds is 7. The maximum Gasteiger partial charge on any atom is 0.267 e. The standard InChI is InChI=1S/C20H18N4O3S2/c1-24-17(6-7-21-24)16-12-29-20(22-16)23-19(25)18-8-13(11-28-18)10-27-15-5-3-4-14(9-15)26-2/h3-9,11-12H,10H2,1-2H3,(H,22,23,25). The van der Waals surface area contributed by atoms with Crippen LogP contribution in [0.3, 0.4) is 0 Å². The van der Waals surface area contributed by atoms with E-state index in [1.807, 2.05) is 54.2 Å². The van der Waals surface area contributed by atoms with Crippen molar-refractivity contribution in [2.45, 2.75) is 6.61 Å². The fourth-order valence-corrected chi connectivity index (χ4v) is 4.15. The predicted molar refractivity (Wildman–Crippen MR) is 114 cm³/mol. The SMILES string of the molecule is COc1cccc(OCc2csc(C(=O)Nc3nc(-c4ccnn4C)cs3)c2)c1. The summed E-state index contributed by atoms with van der Waals surface area (Å²) in [7, 11) is 3.47. The molecule has 4 aromatic rings. The highest BCUT2D eigenvalue weighted by molar-refractivity contribution is 7.14. The fourth-order valence-electron chi connectivity index (χ4n) is 2.66. The number of aryl methyl sites for hydroxylation is 1. The molecule has 29 heavy (non-hydrogen) atoms. The van der Waals surface area contributed by atoms with Crippen LogP contribution in [0.25, 0.3) is 11.4 Å². The molecule has 0 radical (unpaired) electrons. The highest BCUT2D eigenvalue weighted by atomic mass is 32.1. The van der Waals surface area contributed by atoms with Gasteiger partial charge in [-0.1, -0.05) is 6.07 Å². The molecule has 0 aliphatic carbocycles. The van der Waals surface area contributed by atoms with Crippen LogP contribution >= 0.6 is 22.7 Å². The number of nitrogens with zero attached hydrogens (tertiary/aromatic N) is 3. The van der Waals surface area contributed by atoms with Gasteiger partial charge in [0, 0.05) is 30.3 Å². The summed E-state index contributed by atoms with van der Waals surface area (Å²) in [5.74, 6) is 1.27. The first-order valence-electron chi connectivity index (χ1n) is 8.72. The van der Waals surface area contributed by atoms with Crippen molar-refractivity contribution < 1.29 is 14.3 Å². The first kappa shape index (κ1) is 19.2. The van der Waals surface area contributed by atoms with Gasteiger partial charge in [0.2, 0.25) is 0 Å². The highest BCUT2D eigenvalue weighted by Crippen LogP contribution is 2.26. The topological polar surface area (TPSA) is 78.3 Å². The summed E-state index contributed by atoms with van der Waals surface area (Å²) in [5.41, 5.74) is 2.61. The van der Waals surface area contributed by atoms with Gasteiger partial charge in [-0.15, -0.1) is 22.7 Å². The normalized spacial score (nSPS) is 10.7. The van der Waals surface area contributed by atoms with Crippen LogP contribution in [0.2, 0.25) is 0 Å². The maximum absolute atomic E-state index is 12.5. The summed E-state index contributed by atoms with van der Waals surface area (Å²) in [6.07, 6.45) is 1.72. The molecular weight excluding hydrogens is 408 g/mol. The quantitative estimate of drug-likeness (QED) is 0.473. The van der Waals surface area contributed by atoms with Gasteiger partial charge in [0.1, 0.15) is 23.8 Å². The molecule has 1 aromatic carbocycles. The number of nitrogens with one attached hydrogen (secondary N) is 1. The van der Waals surface area contributed by atoms with Crippen molar-refractivity contribution in [3.8, 4) is 22.9 Å². The Morgan fingerprint density at radius 2 is 2.03 bits per heavy atom. The molecule has 1 amide bonds.